The Kier molecular flexibility index (Phi) is 8.46. The first kappa shape index (κ1) is 12.9. The van der Waals surface area contributed by atoms with Gasteiger partial charge in [-0.3, -0.25) is 0 Å². The first-order chi connectivity index (χ1) is 6.18. The fourth-order valence-electron chi connectivity index (χ4n) is 1.10. The number of aliphatic hydroxyl groups excluding tert-OH is 1. The van der Waals surface area contributed by atoms with Gasteiger partial charge in [-0.15, -0.1) is 0 Å². The second-order valence-corrected chi connectivity index (χ2v) is 4.21. The SMILES string of the molecule is CC(C)C(C)CNCCCCCO. The van der Waals surface area contributed by atoms with Crippen molar-refractivity contribution < 1.29 is 5.11 Å². The molecule has 0 aromatic rings. The van der Waals surface area contributed by atoms with Crippen LogP contribution in [-0.4, -0.2) is 24.8 Å². The number of nitrogens with one attached hydrogen (secondary N) is 1. The van der Waals surface area contributed by atoms with E-state index in [1.165, 1.54) is 6.42 Å². The number of aliphatic hydroxyl groups is 1. The number of rotatable bonds is 8. The maximum Gasteiger partial charge on any atom is 0.0431 e. The molecule has 0 rings (SSSR count). The first-order valence-corrected chi connectivity index (χ1v) is 5.50. The van der Waals surface area contributed by atoms with Crippen LogP contribution in [0.3, 0.4) is 0 Å². The summed E-state index contributed by atoms with van der Waals surface area (Å²) >= 11 is 0. The van der Waals surface area contributed by atoms with Crippen LogP contribution in [0.2, 0.25) is 0 Å². The minimum Gasteiger partial charge on any atom is -0.396 e. The number of hydrogen-bond acceptors (Lipinski definition) is 2. The Hall–Kier alpha value is -0.0800. The van der Waals surface area contributed by atoms with E-state index in [-0.39, 0.29) is 0 Å². The standard InChI is InChI=1S/C11H25NO/c1-10(2)11(3)9-12-7-5-4-6-8-13/h10-13H,4-9H2,1-3H3. The topological polar surface area (TPSA) is 32.3 Å². The van der Waals surface area contributed by atoms with Crippen molar-refractivity contribution in [3.63, 3.8) is 0 Å². The molecule has 0 fully saturated rings. The zero-order valence-electron chi connectivity index (χ0n) is 9.34. The van der Waals surface area contributed by atoms with Gasteiger partial charge in [0.15, 0.2) is 0 Å². The van der Waals surface area contributed by atoms with Crippen LogP contribution in [0.5, 0.6) is 0 Å². The summed E-state index contributed by atoms with van der Waals surface area (Å²) in [6.45, 7) is 9.36. The zero-order chi connectivity index (χ0) is 10.1. The fourth-order valence-corrected chi connectivity index (χ4v) is 1.10. The highest BCUT2D eigenvalue weighted by Gasteiger charge is 2.04. The normalized spacial score (nSPS) is 13.6. The molecule has 0 amide bonds. The highest BCUT2D eigenvalue weighted by atomic mass is 16.2. The predicted octanol–water partition coefficient (Wildman–Crippen LogP) is 2.03. The third-order valence-corrected chi connectivity index (χ3v) is 2.62. The van der Waals surface area contributed by atoms with Crippen molar-refractivity contribution in [1.82, 2.24) is 5.32 Å². The molecule has 2 N–H and O–H groups in total. The van der Waals surface area contributed by atoms with Crippen molar-refractivity contribution in [2.45, 2.75) is 40.0 Å². The molecule has 0 heterocycles. The van der Waals surface area contributed by atoms with Gasteiger partial charge in [-0.1, -0.05) is 20.8 Å². The second kappa shape index (κ2) is 8.52. The van der Waals surface area contributed by atoms with Gasteiger partial charge in [0.1, 0.15) is 0 Å². The number of unbranched alkanes of at least 4 members (excludes halogenated alkanes) is 2. The van der Waals surface area contributed by atoms with E-state index in [4.69, 9.17) is 5.11 Å². The zero-order valence-corrected chi connectivity index (χ0v) is 9.34. The van der Waals surface area contributed by atoms with Gasteiger partial charge in [-0.25, -0.2) is 0 Å². The molecular weight excluding hydrogens is 162 g/mol. The van der Waals surface area contributed by atoms with Crippen LogP contribution in [0.25, 0.3) is 0 Å². The average Bonchev–Trinajstić information content (AvgIpc) is 2.10. The van der Waals surface area contributed by atoms with Gasteiger partial charge >= 0.3 is 0 Å². The van der Waals surface area contributed by atoms with Crippen LogP contribution in [0, 0.1) is 11.8 Å². The summed E-state index contributed by atoms with van der Waals surface area (Å²) in [5.41, 5.74) is 0. The van der Waals surface area contributed by atoms with Gasteiger partial charge in [0.05, 0.1) is 0 Å². The Balaban J connectivity index is 3.07. The molecule has 1 atom stereocenters. The molecule has 0 saturated heterocycles. The minimum atomic E-state index is 0.336. The van der Waals surface area contributed by atoms with Gasteiger partial charge < -0.3 is 10.4 Å². The van der Waals surface area contributed by atoms with Crippen LogP contribution in [0.1, 0.15) is 40.0 Å². The van der Waals surface area contributed by atoms with Crippen molar-refractivity contribution in [3.05, 3.63) is 0 Å². The molecule has 0 bridgehead atoms. The second-order valence-electron chi connectivity index (χ2n) is 4.21. The molecule has 0 aliphatic heterocycles. The first-order valence-electron chi connectivity index (χ1n) is 5.50. The van der Waals surface area contributed by atoms with E-state index >= 15 is 0 Å². The predicted molar refractivity (Wildman–Crippen MR) is 57.8 cm³/mol. The summed E-state index contributed by atoms with van der Waals surface area (Å²) in [4.78, 5) is 0. The lowest BCUT2D eigenvalue weighted by Gasteiger charge is -2.15. The lowest BCUT2D eigenvalue weighted by atomic mass is 9.98. The molecule has 13 heavy (non-hydrogen) atoms. The molecule has 0 aliphatic carbocycles. The largest absolute Gasteiger partial charge is 0.396 e. The Morgan fingerprint density at radius 2 is 1.77 bits per heavy atom. The van der Waals surface area contributed by atoms with E-state index in [9.17, 15) is 0 Å². The molecule has 0 radical (unpaired) electrons. The Labute approximate surface area is 82.7 Å². The van der Waals surface area contributed by atoms with Crippen molar-refractivity contribution in [2.75, 3.05) is 19.7 Å². The van der Waals surface area contributed by atoms with Crippen LogP contribution < -0.4 is 5.32 Å². The number of hydrogen-bond donors (Lipinski definition) is 2. The summed E-state index contributed by atoms with van der Waals surface area (Å²) in [6.07, 6.45) is 3.27. The molecule has 1 unspecified atom stereocenters. The quantitative estimate of drug-likeness (QED) is 0.570. The van der Waals surface area contributed by atoms with Crippen LogP contribution in [0.4, 0.5) is 0 Å². The Bertz CT molecular complexity index is 104. The summed E-state index contributed by atoms with van der Waals surface area (Å²) in [5.74, 6) is 1.53. The summed E-state index contributed by atoms with van der Waals surface area (Å²) < 4.78 is 0. The third kappa shape index (κ3) is 8.26. The maximum atomic E-state index is 8.56. The van der Waals surface area contributed by atoms with E-state index in [1.807, 2.05) is 0 Å². The van der Waals surface area contributed by atoms with Gasteiger partial charge in [0.2, 0.25) is 0 Å². The smallest absolute Gasteiger partial charge is 0.0431 e. The van der Waals surface area contributed by atoms with E-state index < -0.39 is 0 Å². The molecule has 0 aromatic carbocycles. The lowest BCUT2D eigenvalue weighted by molar-refractivity contribution is 0.282. The lowest BCUT2D eigenvalue weighted by Crippen LogP contribution is -2.25. The van der Waals surface area contributed by atoms with E-state index in [0.717, 1.165) is 37.8 Å². The Morgan fingerprint density at radius 1 is 1.08 bits per heavy atom. The van der Waals surface area contributed by atoms with E-state index in [0.29, 0.717) is 6.61 Å². The van der Waals surface area contributed by atoms with Gasteiger partial charge in [0, 0.05) is 6.61 Å². The molecule has 0 aliphatic rings. The van der Waals surface area contributed by atoms with Crippen molar-refractivity contribution in [1.29, 1.82) is 0 Å². The van der Waals surface area contributed by atoms with Gasteiger partial charge in [-0.2, -0.15) is 0 Å². The molecule has 0 aromatic heterocycles. The van der Waals surface area contributed by atoms with Crippen molar-refractivity contribution in [2.24, 2.45) is 11.8 Å². The van der Waals surface area contributed by atoms with E-state index in [2.05, 4.69) is 26.1 Å². The van der Waals surface area contributed by atoms with Gasteiger partial charge in [0.25, 0.3) is 0 Å². The van der Waals surface area contributed by atoms with Crippen molar-refractivity contribution >= 4 is 0 Å². The average molecular weight is 187 g/mol. The highest BCUT2D eigenvalue weighted by molar-refractivity contribution is 4.60. The summed E-state index contributed by atoms with van der Waals surface area (Å²) in [7, 11) is 0. The molecular formula is C11H25NO. The van der Waals surface area contributed by atoms with Crippen LogP contribution in [-0.2, 0) is 0 Å². The Morgan fingerprint density at radius 3 is 2.31 bits per heavy atom. The monoisotopic (exact) mass is 187 g/mol. The van der Waals surface area contributed by atoms with E-state index in [1.54, 1.807) is 0 Å². The third-order valence-electron chi connectivity index (χ3n) is 2.62. The summed E-state index contributed by atoms with van der Waals surface area (Å²) in [6, 6.07) is 0. The molecule has 0 spiro atoms. The highest BCUT2D eigenvalue weighted by Crippen LogP contribution is 2.07. The van der Waals surface area contributed by atoms with Crippen molar-refractivity contribution in [3.8, 4) is 0 Å². The van der Waals surface area contributed by atoms with Gasteiger partial charge in [-0.05, 0) is 44.2 Å². The fraction of sp³-hybridized carbons (Fsp3) is 1.00. The van der Waals surface area contributed by atoms with Crippen LogP contribution in [0.15, 0.2) is 0 Å². The molecule has 2 heteroatoms. The maximum absolute atomic E-state index is 8.56. The minimum absolute atomic E-state index is 0.336. The summed E-state index contributed by atoms with van der Waals surface area (Å²) in [5, 5.41) is 12.0. The molecule has 0 saturated carbocycles. The molecule has 80 valence electrons. The molecule has 2 nitrogen and oxygen atoms in total. The van der Waals surface area contributed by atoms with Crippen LogP contribution >= 0.6 is 0 Å².